The smallest absolute Gasteiger partial charge is 0.297 e. The summed E-state index contributed by atoms with van der Waals surface area (Å²) in [5.41, 5.74) is 6.33. The lowest BCUT2D eigenvalue weighted by Gasteiger charge is -2.04. The third-order valence-corrected chi connectivity index (χ3v) is 1.84. The summed E-state index contributed by atoms with van der Waals surface area (Å²) in [7, 11) is -2.73. The van der Waals surface area contributed by atoms with Gasteiger partial charge < -0.3 is 0 Å². The van der Waals surface area contributed by atoms with Crippen molar-refractivity contribution in [2.75, 3.05) is 5.43 Å². The van der Waals surface area contributed by atoms with Crippen LogP contribution in [-0.4, -0.2) is 14.4 Å². The number of carbonyl (C=O) groups excluding carboxylic acids is 1. The maximum absolute atomic E-state index is 10.8. The third kappa shape index (κ3) is 4.23. The van der Waals surface area contributed by atoms with Gasteiger partial charge in [-0.05, 0) is 19.1 Å². The van der Waals surface area contributed by atoms with E-state index in [1.54, 1.807) is 12.1 Å². The van der Waals surface area contributed by atoms with E-state index in [0.29, 0.717) is 5.69 Å². The van der Waals surface area contributed by atoms with E-state index in [9.17, 15) is 13.2 Å². The van der Waals surface area contributed by atoms with Crippen LogP contribution in [0, 0.1) is 6.92 Å². The van der Waals surface area contributed by atoms with Crippen molar-refractivity contribution in [3.05, 3.63) is 29.8 Å². The van der Waals surface area contributed by atoms with Gasteiger partial charge >= 0.3 is 16.5 Å². The summed E-state index contributed by atoms with van der Waals surface area (Å²) in [6, 6.07) is 6.20. The van der Waals surface area contributed by atoms with E-state index in [1.807, 2.05) is 19.1 Å². The maximum atomic E-state index is 10.8. The SMILES string of the molecule is Cc1ccc(NNC(=O)N=S(=O)=O)cc1. The van der Waals surface area contributed by atoms with E-state index >= 15 is 0 Å². The van der Waals surface area contributed by atoms with Crippen molar-refractivity contribution in [1.29, 1.82) is 0 Å². The van der Waals surface area contributed by atoms with E-state index in [4.69, 9.17) is 0 Å². The number of hydrazine groups is 1. The van der Waals surface area contributed by atoms with Crippen LogP contribution < -0.4 is 10.9 Å². The van der Waals surface area contributed by atoms with Gasteiger partial charge in [0.1, 0.15) is 0 Å². The second-order valence-electron chi connectivity index (χ2n) is 2.73. The molecule has 7 heteroatoms. The molecule has 0 atom stereocenters. The van der Waals surface area contributed by atoms with Crippen LogP contribution in [0.15, 0.2) is 28.6 Å². The number of anilines is 1. The van der Waals surface area contributed by atoms with Gasteiger partial charge in [0, 0.05) is 0 Å². The molecule has 1 rings (SSSR count). The number of hydrogen-bond acceptors (Lipinski definition) is 4. The minimum absolute atomic E-state index is 0.640. The van der Waals surface area contributed by atoms with Gasteiger partial charge in [-0.3, -0.25) is 5.43 Å². The number of urea groups is 1. The average molecular weight is 227 g/mol. The number of amides is 2. The van der Waals surface area contributed by atoms with Crippen molar-refractivity contribution in [2.45, 2.75) is 6.92 Å². The Bertz CT molecular complexity index is 470. The molecule has 0 radical (unpaired) electrons. The van der Waals surface area contributed by atoms with Gasteiger partial charge in [0.2, 0.25) is 0 Å². The Kier molecular flexibility index (Phi) is 3.81. The number of carbonyl (C=O) groups is 1. The molecule has 0 aliphatic heterocycles. The first-order chi connectivity index (χ1) is 7.08. The highest BCUT2D eigenvalue weighted by Gasteiger charge is 1.96. The summed E-state index contributed by atoms with van der Waals surface area (Å²) in [4.78, 5) is 10.8. The minimum atomic E-state index is -2.73. The molecule has 0 saturated heterocycles. The van der Waals surface area contributed by atoms with Gasteiger partial charge in [0.05, 0.1) is 5.69 Å². The summed E-state index contributed by atoms with van der Waals surface area (Å²) >= 11 is 0. The average Bonchev–Trinajstić information content (AvgIpc) is 2.16. The van der Waals surface area contributed by atoms with Crippen LogP contribution >= 0.6 is 0 Å². The maximum Gasteiger partial charge on any atom is 0.374 e. The molecule has 0 aliphatic carbocycles. The van der Waals surface area contributed by atoms with Crippen molar-refractivity contribution < 1.29 is 13.2 Å². The molecule has 0 heterocycles. The molecular formula is C8H9N3O3S. The van der Waals surface area contributed by atoms with E-state index in [-0.39, 0.29) is 0 Å². The highest BCUT2D eigenvalue weighted by atomic mass is 32.2. The zero-order chi connectivity index (χ0) is 11.3. The summed E-state index contributed by atoms with van der Waals surface area (Å²) in [6.45, 7) is 1.93. The van der Waals surface area contributed by atoms with Crippen molar-refractivity contribution >= 4 is 22.2 Å². The Labute approximate surface area is 88.0 Å². The predicted octanol–water partition coefficient (Wildman–Crippen LogP) is 1.09. The molecule has 1 aromatic carbocycles. The Morgan fingerprint density at radius 3 is 2.40 bits per heavy atom. The summed E-state index contributed by atoms with van der Waals surface area (Å²) in [5.74, 6) is 0. The Morgan fingerprint density at radius 2 is 1.87 bits per heavy atom. The number of hydrogen-bond donors (Lipinski definition) is 2. The largest absolute Gasteiger partial charge is 0.374 e. The fraction of sp³-hybridized carbons (Fsp3) is 0.125. The van der Waals surface area contributed by atoms with E-state index in [0.717, 1.165) is 5.56 Å². The Morgan fingerprint density at radius 1 is 1.27 bits per heavy atom. The first kappa shape index (κ1) is 11.2. The minimum Gasteiger partial charge on any atom is -0.297 e. The molecule has 0 unspecified atom stereocenters. The molecule has 80 valence electrons. The standard InChI is InChI=1S/C8H9N3O3S/c1-6-2-4-7(5-3-6)9-10-8(12)11-15(13)14/h2-5,9H,1H3,(H,10,12). The molecule has 0 aromatic heterocycles. The third-order valence-electron chi connectivity index (χ3n) is 1.52. The van der Waals surface area contributed by atoms with E-state index in [1.165, 1.54) is 0 Å². The monoisotopic (exact) mass is 227 g/mol. The van der Waals surface area contributed by atoms with Crippen LogP contribution in [0.25, 0.3) is 0 Å². The summed E-state index contributed by atoms with van der Waals surface area (Å²) < 4.78 is 22.7. The van der Waals surface area contributed by atoms with Crippen LogP contribution in [-0.2, 0) is 10.5 Å². The molecule has 6 nitrogen and oxygen atoms in total. The Balaban J connectivity index is 2.54. The van der Waals surface area contributed by atoms with E-state index in [2.05, 4.69) is 15.2 Å². The molecule has 1 aromatic rings. The van der Waals surface area contributed by atoms with Gasteiger partial charge in [-0.15, -0.1) is 0 Å². The topological polar surface area (TPSA) is 87.6 Å². The quantitative estimate of drug-likeness (QED) is 0.740. The lowest BCUT2D eigenvalue weighted by atomic mass is 10.2. The van der Waals surface area contributed by atoms with Gasteiger partial charge in [0.25, 0.3) is 0 Å². The zero-order valence-corrected chi connectivity index (χ0v) is 8.71. The molecule has 0 bridgehead atoms. The number of nitrogens with one attached hydrogen (secondary N) is 2. The van der Waals surface area contributed by atoms with Gasteiger partial charge in [-0.25, -0.2) is 10.2 Å². The highest BCUT2D eigenvalue weighted by molar-refractivity contribution is 7.62. The fourth-order valence-corrected chi connectivity index (χ4v) is 1.03. The second-order valence-corrected chi connectivity index (χ2v) is 3.35. The lowest BCUT2D eigenvalue weighted by molar-refractivity contribution is 0.251. The van der Waals surface area contributed by atoms with Crippen molar-refractivity contribution in [3.63, 3.8) is 0 Å². The Hall–Kier alpha value is -1.89. The van der Waals surface area contributed by atoms with Crippen LogP contribution in [0.2, 0.25) is 0 Å². The molecule has 0 aliphatic rings. The van der Waals surface area contributed by atoms with Crippen LogP contribution in [0.4, 0.5) is 10.5 Å². The summed E-state index contributed by atoms with van der Waals surface area (Å²) in [6.07, 6.45) is 0. The lowest BCUT2D eigenvalue weighted by Crippen LogP contribution is -2.26. The number of rotatable bonds is 2. The number of benzene rings is 1. The predicted molar refractivity (Wildman–Crippen MR) is 54.7 cm³/mol. The first-order valence-corrected chi connectivity index (χ1v) is 5.05. The normalized spacial score (nSPS) is 9.13. The van der Waals surface area contributed by atoms with E-state index < -0.39 is 16.5 Å². The number of nitrogens with zero attached hydrogens (tertiary/aromatic N) is 1. The van der Waals surface area contributed by atoms with Crippen molar-refractivity contribution in [2.24, 2.45) is 4.36 Å². The molecule has 2 N–H and O–H groups in total. The zero-order valence-electron chi connectivity index (χ0n) is 7.89. The summed E-state index contributed by atoms with van der Waals surface area (Å²) in [5, 5.41) is 0. The molecular weight excluding hydrogens is 218 g/mol. The van der Waals surface area contributed by atoms with Crippen molar-refractivity contribution in [3.8, 4) is 0 Å². The fourth-order valence-electron chi connectivity index (χ4n) is 0.853. The number of aryl methyl sites for hydroxylation is 1. The molecule has 2 amide bonds. The molecule has 0 saturated carbocycles. The molecule has 0 fully saturated rings. The van der Waals surface area contributed by atoms with Crippen LogP contribution in [0.1, 0.15) is 5.56 Å². The molecule has 15 heavy (non-hydrogen) atoms. The van der Waals surface area contributed by atoms with Gasteiger partial charge in [0.15, 0.2) is 0 Å². The first-order valence-electron chi connectivity index (χ1n) is 4.02. The van der Waals surface area contributed by atoms with Crippen LogP contribution in [0.5, 0.6) is 0 Å². The van der Waals surface area contributed by atoms with Gasteiger partial charge in [-0.2, -0.15) is 8.42 Å². The second kappa shape index (κ2) is 5.11. The van der Waals surface area contributed by atoms with Crippen molar-refractivity contribution in [1.82, 2.24) is 5.43 Å². The van der Waals surface area contributed by atoms with Crippen LogP contribution in [0.3, 0.4) is 0 Å². The highest BCUT2D eigenvalue weighted by Crippen LogP contribution is 2.06. The molecule has 0 spiro atoms. The van der Waals surface area contributed by atoms with Gasteiger partial charge in [-0.1, -0.05) is 22.1 Å².